The molecule has 0 bridgehead atoms. The van der Waals surface area contributed by atoms with Crippen molar-refractivity contribution in [3.05, 3.63) is 54.1 Å². The first kappa shape index (κ1) is 21.8. The number of hydrogen-bond acceptors (Lipinski definition) is 5. The molecule has 1 N–H and O–H groups in total. The number of anilines is 2. The van der Waals surface area contributed by atoms with E-state index in [0.29, 0.717) is 49.8 Å². The zero-order valence-corrected chi connectivity index (χ0v) is 17.3. The molecular weight excluding hydrogens is 416 g/mol. The van der Waals surface area contributed by atoms with Crippen LogP contribution in [0.4, 0.5) is 20.2 Å². The lowest BCUT2D eigenvalue weighted by Crippen LogP contribution is -2.50. The van der Waals surface area contributed by atoms with Crippen LogP contribution < -0.4 is 14.4 Å². The van der Waals surface area contributed by atoms with Gasteiger partial charge in [-0.1, -0.05) is 0 Å². The summed E-state index contributed by atoms with van der Waals surface area (Å²) in [4.78, 5) is 15.8. The van der Waals surface area contributed by atoms with Crippen molar-refractivity contribution in [3.63, 3.8) is 0 Å². The lowest BCUT2D eigenvalue weighted by molar-refractivity contribution is -0.131. The third-order valence-electron chi connectivity index (χ3n) is 4.59. The van der Waals surface area contributed by atoms with Crippen molar-refractivity contribution < 1.29 is 26.7 Å². The number of hydrogen-bond donors (Lipinski definition) is 1. The lowest BCUT2D eigenvalue weighted by atomic mass is 10.2. The minimum Gasteiger partial charge on any atom is -0.494 e. The zero-order valence-electron chi connectivity index (χ0n) is 16.5. The SMILES string of the molecule is CS(=O)(=O)Nc1ccc(OCCCN2CCN(c3ccc(F)c(F)c3)CC2=O)cc1. The Bertz CT molecular complexity index is 1000. The summed E-state index contributed by atoms with van der Waals surface area (Å²) in [5, 5.41) is 0. The largest absolute Gasteiger partial charge is 0.494 e. The minimum absolute atomic E-state index is 0.0813. The molecule has 1 heterocycles. The maximum Gasteiger partial charge on any atom is 0.242 e. The van der Waals surface area contributed by atoms with E-state index in [2.05, 4.69) is 4.72 Å². The highest BCUT2D eigenvalue weighted by Crippen LogP contribution is 2.20. The predicted molar refractivity (Wildman–Crippen MR) is 110 cm³/mol. The zero-order chi connectivity index (χ0) is 21.7. The van der Waals surface area contributed by atoms with E-state index >= 15 is 0 Å². The molecule has 10 heteroatoms. The van der Waals surface area contributed by atoms with E-state index in [9.17, 15) is 22.0 Å². The Kier molecular flexibility index (Phi) is 6.76. The first-order chi connectivity index (χ1) is 14.2. The van der Waals surface area contributed by atoms with Gasteiger partial charge in [0.1, 0.15) is 5.75 Å². The Balaban J connectivity index is 1.41. The summed E-state index contributed by atoms with van der Waals surface area (Å²) >= 11 is 0. The highest BCUT2D eigenvalue weighted by atomic mass is 32.2. The number of amides is 1. The Hall–Kier alpha value is -2.88. The molecule has 2 aromatic carbocycles. The number of carbonyl (C=O) groups excluding carboxylic acids is 1. The van der Waals surface area contributed by atoms with E-state index in [4.69, 9.17) is 4.74 Å². The second-order valence-corrected chi connectivity index (χ2v) is 8.75. The first-order valence-corrected chi connectivity index (χ1v) is 11.3. The molecule has 1 aliphatic rings. The summed E-state index contributed by atoms with van der Waals surface area (Å²) in [6.07, 6.45) is 1.71. The number of carbonyl (C=O) groups is 1. The summed E-state index contributed by atoms with van der Waals surface area (Å²) in [6.45, 7) is 2.06. The van der Waals surface area contributed by atoms with Crippen molar-refractivity contribution >= 4 is 27.3 Å². The van der Waals surface area contributed by atoms with Gasteiger partial charge in [0.05, 0.1) is 19.4 Å². The van der Waals surface area contributed by atoms with Crippen LogP contribution in [0.15, 0.2) is 42.5 Å². The molecule has 162 valence electrons. The van der Waals surface area contributed by atoms with Crippen molar-refractivity contribution in [2.75, 3.05) is 48.7 Å². The molecule has 0 atom stereocenters. The minimum atomic E-state index is -3.32. The van der Waals surface area contributed by atoms with Gasteiger partial charge in [-0.15, -0.1) is 0 Å². The normalized spacial score (nSPS) is 14.7. The fraction of sp³-hybridized carbons (Fsp3) is 0.350. The van der Waals surface area contributed by atoms with Crippen molar-refractivity contribution in [2.24, 2.45) is 0 Å². The number of rotatable bonds is 8. The molecular formula is C20H23F2N3O4S. The Morgan fingerprint density at radius 2 is 1.80 bits per heavy atom. The molecule has 0 spiro atoms. The van der Waals surface area contributed by atoms with Gasteiger partial charge >= 0.3 is 0 Å². The van der Waals surface area contributed by atoms with E-state index in [0.717, 1.165) is 18.4 Å². The van der Waals surface area contributed by atoms with E-state index in [1.165, 1.54) is 6.07 Å². The summed E-state index contributed by atoms with van der Waals surface area (Å²) in [5.74, 6) is -1.32. The van der Waals surface area contributed by atoms with Crippen LogP contribution in [0.5, 0.6) is 5.75 Å². The maximum absolute atomic E-state index is 13.4. The van der Waals surface area contributed by atoms with Gasteiger partial charge in [-0.2, -0.15) is 0 Å². The van der Waals surface area contributed by atoms with Gasteiger partial charge in [-0.25, -0.2) is 17.2 Å². The molecule has 1 amide bonds. The molecule has 0 saturated carbocycles. The topological polar surface area (TPSA) is 79.0 Å². The third kappa shape index (κ3) is 6.06. The van der Waals surface area contributed by atoms with E-state index in [1.807, 2.05) is 0 Å². The molecule has 3 rings (SSSR count). The molecule has 1 aliphatic heterocycles. The average Bonchev–Trinajstić information content (AvgIpc) is 2.68. The number of piperazine rings is 1. The van der Waals surface area contributed by atoms with Crippen LogP contribution >= 0.6 is 0 Å². The number of ether oxygens (including phenoxy) is 1. The fourth-order valence-corrected chi connectivity index (χ4v) is 3.69. The molecule has 30 heavy (non-hydrogen) atoms. The van der Waals surface area contributed by atoms with Crippen molar-refractivity contribution in [1.29, 1.82) is 0 Å². The maximum atomic E-state index is 13.4. The summed E-state index contributed by atoms with van der Waals surface area (Å²) in [5.41, 5.74) is 0.938. The number of nitrogens with zero attached hydrogens (tertiary/aromatic N) is 2. The Labute approximate surface area is 174 Å². The molecule has 1 saturated heterocycles. The fourth-order valence-electron chi connectivity index (χ4n) is 3.13. The number of halogens is 2. The molecule has 0 aromatic heterocycles. The van der Waals surface area contributed by atoms with Crippen molar-refractivity contribution in [3.8, 4) is 5.75 Å². The number of sulfonamides is 1. The second-order valence-electron chi connectivity index (χ2n) is 7.00. The van der Waals surface area contributed by atoms with Crippen molar-refractivity contribution in [1.82, 2.24) is 4.90 Å². The van der Waals surface area contributed by atoms with Crippen LogP contribution in [0.3, 0.4) is 0 Å². The monoisotopic (exact) mass is 439 g/mol. The van der Waals surface area contributed by atoms with Crippen LogP contribution in [0.2, 0.25) is 0 Å². The highest BCUT2D eigenvalue weighted by molar-refractivity contribution is 7.92. The van der Waals surface area contributed by atoms with E-state index < -0.39 is 21.7 Å². The molecule has 1 fully saturated rings. The quantitative estimate of drug-likeness (QED) is 0.640. The van der Waals surface area contributed by atoms with Gasteiger partial charge in [0.2, 0.25) is 15.9 Å². The molecule has 2 aromatic rings. The first-order valence-electron chi connectivity index (χ1n) is 9.40. The van der Waals surface area contributed by atoms with Gasteiger partial charge in [-0.05, 0) is 42.8 Å². The second kappa shape index (κ2) is 9.29. The standard InChI is InChI=1S/C20H23F2N3O4S/c1-30(27,28)23-15-3-6-17(7-4-15)29-12-2-9-24-10-11-25(14-20(24)26)16-5-8-18(21)19(22)13-16/h3-8,13,23H,2,9-12,14H2,1H3. The highest BCUT2D eigenvalue weighted by Gasteiger charge is 2.24. The van der Waals surface area contributed by atoms with Gasteiger partial charge in [0.25, 0.3) is 0 Å². The van der Waals surface area contributed by atoms with Crippen LogP contribution in [-0.4, -0.2) is 58.3 Å². The van der Waals surface area contributed by atoms with Crippen molar-refractivity contribution in [2.45, 2.75) is 6.42 Å². The van der Waals surface area contributed by atoms with Gasteiger partial charge in [0.15, 0.2) is 11.6 Å². The van der Waals surface area contributed by atoms with Crippen LogP contribution in [0.25, 0.3) is 0 Å². The number of benzene rings is 2. The number of nitrogens with one attached hydrogen (secondary N) is 1. The van der Waals surface area contributed by atoms with Crippen LogP contribution in [-0.2, 0) is 14.8 Å². The molecule has 0 radical (unpaired) electrons. The smallest absolute Gasteiger partial charge is 0.242 e. The average molecular weight is 439 g/mol. The Morgan fingerprint density at radius 1 is 1.07 bits per heavy atom. The van der Waals surface area contributed by atoms with E-state index in [-0.39, 0.29) is 12.5 Å². The lowest BCUT2D eigenvalue weighted by Gasteiger charge is -2.35. The Morgan fingerprint density at radius 3 is 2.43 bits per heavy atom. The molecule has 7 nitrogen and oxygen atoms in total. The predicted octanol–water partition coefficient (Wildman–Crippen LogP) is 2.45. The van der Waals surface area contributed by atoms with Gasteiger partial charge in [-0.3, -0.25) is 9.52 Å². The van der Waals surface area contributed by atoms with Gasteiger partial charge < -0.3 is 14.5 Å². The summed E-state index contributed by atoms with van der Waals surface area (Å²) in [7, 11) is -3.32. The van der Waals surface area contributed by atoms with Crippen LogP contribution in [0, 0.1) is 11.6 Å². The third-order valence-corrected chi connectivity index (χ3v) is 5.19. The summed E-state index contributed by atoms with van der Waals surface area (Å²) < 4.78 is 56.9. The summed E-state index contributed by atoms with van der Waals surface area (Å²) in [6, 6.07) is 10.2. The van der Waals surface area contributed by atoms with Crippen LogP contribution in [0.1, 0.15) is 6.42 Å². The molecule has 0 aliphatic carbocycles. The van der Waals surface area contributed by atoms with Gasteiger partial charge in [0, 0.05) is 37.1 Å². The van der Waals surface area contributed by atoms with E-state index in [1.54, 1.807) is 34.1 Å². The molecule has 0 unspecified atom stereocenters.